The lowest BCUT2D eigenvalue weighted by molar-refractivity contribution is -0.146. The summed E-state index contributed by atoms with van der Waals surface area (Å²) in [5, 5.41) is 11.9. The van der Waals surface area contributed by atoms with Crippen LogP contribution in [-0.2, 0) is 9.53 Å². The first-order chi connectivity index (χ1) is 7.15. The third kappa shape index (κ3) is 6.47. The highest BCUT2D eigenvalue weighted by Gasteiger charge is 2.20. The summed E-state index contributed by atoms with van der Waals surface area (Å²) in [5.41, 5.74) is 0. The molecule has 0 aliphatic carbocycles. The number of nitrogens with one attached hydrogen (secondary N) is 1. The fraction of sp³-hybridized carbons (Fsp3) is 0.909. The molecule has 0 saturated heterocycles. The average molecular weight is 217 g/mol. The summed E-state index contributed by atoms with van der Waals surface area (Å²) in [7, 11) is 0. The maximum atomic E-state index is 11.5. The van der Waals surface area contributed by atoms with E-state index in [0.29, 0.717) is 13.0 Å². The molecule has 0 rings (SSSR count). The minimum atomic E-state index is -0.239. The molecule has 0 amide bonds. The second-order valence-corrected chi connectivity index (χ2v) is 3.67. The van der Waals surface area contributed by atoms with Crippen molar-refractivity contribution in [3.05, 3.63) is 0 Å². The summed E-state index contributed by atoms with van der Waals surface area (Å²) in [6.07, 6.45) is 2.36. The number of rotatable bonds is 8. The van der Waals surface area contributed by atoms with Crippen LogP contribution in [0.5, 0.6) is 0 Å². The van der Waals surface area contributed by atoms with Crippen LogP contribution in [0.3, 0.4) is 0 Å². The van der Waals surface area contributed by atoms with Crippen molar-refractivity contribution in [2.75, 3.05) is 13.2 Å². The fourth-order valence-electron chi connectivity index (χ4n) is 1.42. The number of aliphatic hydroxyl groups excluding tert-OH is 1. The van der Waals surface area contributed by atoms with Gasteiger partial charge in [0.25, 0.3) is 0 Å². The number of esters is 1. The highest BCUT2D eigenvalue weighted by Crippen LogP contribution is 2.02. The van der Waals surface area contributed by atoms with Crippen LogP contribution in [-0.4, -0.2) is 36.4 Å². The largest absolute Gasteiger partial charge is 0.465 e. The van der Waals surface area contributed by atoms with Crippen molar-refractivity contribution in [1.82, 2.24) is 5.32 Å². The Morgan fingerprint density at radius 1 is 1.40 bits per heavy atom. The zero-order valence-electron chi connectivity index (χ0n) is 9.95. The molecule has 2 atom stereocenters. The smallest absolute Gasteiger partial charge is 0.323 e. The highest BCUT2D eigenvalue weighted by atomic mass is 16.5. The minimum absolute atomic E-state index is 0.135. The van der Waals surface area contributed by atoms with Gasteiger partial charge in [0.05, 0.1) is 6.61 Å². The van der Waals surface area contributed by atoms with Gasteiger partial charge in [0.1, 0.15) is 6.04 Å². The summed E-state index contributed by atoms with van der Waals surface area (Å²) in [6, 6.07) is -0.104. The number of aliphatic hydroxyl groups is 1. The molecule has 0 heterocycles. The predicted molar refractivity (Wildman–Crippen MR) is 59.6 cm³/mol. The molecule has 4 nitrogen and oxygen atoms in total. The molecule has 4 heteroatoms. The van der Waals surface area contributed by atoms with E-state index in [1.165, 1.54) is 0 Å². The molecule has 0 spiro atoms. The molecule has 0 aromatic rings. The summed E-state index contributed by atoms with van der Waals surface area (Å²) < 4.78 is 4.97. The number of ether oxygens (including phenoxy) is 1. The van der Waals surface area contributed by atoms with Gasteiger partial charge in [-0.25, -0.2) is 0 Å². The average Bonchev–Trinajstić information content (AvgIpc) is 2.18. The number of carbonyl (C=O) groups excluding carboxylic acids is 1. The normalized spacial score (nSPS) is 14.7. The van der Waals surface area contributed by atoms with Gasteiger partial charge in [0.15, 0.2) is 0 Å². The van der Waals surface area contributed by atoms with Crippen molar-refractivity contribution in [2.24, 2.45) is 0 Å². The zero-order valence-corrected chi connectivity index (χ0v) is 9.95. The van der Waals surface area contributed by atoms with E-state index in [9.17, 15) is 4.79 Å². The van der Waals surface area contributed by atoms with Crippen molar-refractivity contribution in [1.29, 1.82) is 0 Å². The molecule has 0 aliphatic heterocycles. The molecule has 90 valence electrons. The quantitative estimate of drug-likeness (QED) is 0.597. The zero-order chi connectivity index (χ0) is 11.7. The van der Waals surface area contributed by atoms with Gasteiger partial charge in [-0.1, -0.05) is 13.3 Å². The molecule has 0 saturated carbocycles. The van der Waals surface area contributed by atoms with E-state index in [1.54, 1.807) is 6.92 Å². The van der Waals surface area contributed by atoms with E-state index >= 15 is 0 Å². The summed E-state index contributed by atoms with van der Waals surface area (Å²) in [5.74, 6) is -0.191. The van der Waals surface area contributed by atoms with Gasteiger partial charge >= 0.3 is 5.97 Å². The molecule has 2 unspecified atom stereocenters. The Kier molecular flexibility index (Phi) is 8.33. The predicted octanol–water partition coefficient (Wildman–Crippen LogP) is 1.08. The van der Waals surface area contributed by atoms with Gasteiger partial charge in [-0.3, -0.25) is 4.79 Å². The van der Waals surface area contributed by atoms with E-state index in [0.717, 1.165) is 12.8 Å². The Hall–Kier alpha value is -0.610. The lowest BCUT2D eigenvalue weighted by Crippen LogP contribution is -2.43. The summed E-state index contributed by atoms with van der Waals surface area (Å²) in [4.78, 5) is 11.5. The number of carbonyl (C=O) groups is 1. The topological polar surface area (TPSA) is 58.6 Å². The van der Waals surface area contributed by atoms with Crippen LogP contribution in [0.4, 0.5) is 0 Å². The summed E-state index contributed by atoms with van der Waals surface area (Å²) >= 11 is 0. The molecular weight excluding hydrogens is 194 g/mol. The molecule has 0 fully saturated rings. The molecule has 0 aromatic carbocycles. The molecule has 15 heavy (non-hydrogen) atoms. The van der Waals surface area contributed by atoms with Gasteiger partial charge in [-0.2, -0.15) is 0 Å². The van der Waals surface area contributed by atoms with Crippen LogP contribution in [0.25, 0.3) is 0 Å². The van der Waals surface area contributed by atoms with Gasteiger partial charge in [0, 0.05) is 12.6 Å². The standard InChI is InChI=1S/C11H23NO3/c1-4-6-10(11(14)15-5-2)12-9(3)7-8-13/h9-10,12-13H,4-8H2,1-3H3. The Balaban J connectivity index is 4.07. The van der Waals surface area contributed by atoms with E-state index in [-0.39, 0.29) is 24.7 Å². The van der Waals surface area contributed by atoms with Gasteiger partial charge in [-0.15, -0.1) is 0 Å². The minimum Gasteiger partial charge on any atom is -0.465 e. The first-order valence-corrected chi connectivity index (χ1v) is 5.69. The third-order valence-corrected chi connectivity index (χ3v) is 2.20. The Morgan fingerprint density at radius 3 is 2.53 bits per heavy atom. The van der Waals surface area contributed by atoms with Gasteiger partial charge in [-0.05, 0) is 26.7 Å². The fourth-order valence-corrected chi connectivity index (χ4v) is 1.42. The maximum Gasteiger partial charge on any atom is 0.323 e. The van der Waals surface area contributed by atoms with E-state index in [1.807, 2.05) is 13.8 Å². The van der Waals surface area contributed by atoms with Crippen LogP contribution in [0.1, 0.15) is 40.0 Å². The summed E-state index contributed by atoms with van der Waals surface area (Å²) in [6.45, 7) is 6.34. The van der Waals surface area contributed by atoms with E-state index < -0.39 is 0 Å². The van der Waals surface area contributed by atoms with Crippen LogP contribution < -0.4 is 5.32 Å². The molecule has 0 radical (unpaired) electrons. The van der Waals surface area contributed by atoms with Crippen LogP contribution in [0.15, 0.2) is 0 Å². The van der Waals surface area contributed by atoms with Crippen LogP contribution in [0, 0.1) is 0 Å². The first-order valence-electron chi connectivity index (χ1n) is 5.69. The Bertz CT molecular complexity index is 173. The van der Waals surface area contributed by atoms with Crippen molar-refractivity contribution in [2.45, 2.75) is 52.1 Å². The Labute approximate surface area is 92.0 Å². The van der Waals surface area contributed by atoms with E-state index in [4.69, 9.17) is 9.84 Å². The van der Waals surface area contributed by atoms with Crippen molar-refractivity contribution >= 4 is 5.97 Å². The van der Waals surface area contributed by atoms with Crippen LogP contribution in [0.2, 0.25) is 0 Å². The van der Waals surface area contributed by atoms with E-state index in [2.05, 4.69) is 5.32 Å². The SMILES string of the molecule is CCCC(NC(C)CCO)C(=O)OCC. The second kappa shape index (κ2) is 8.68. The maximum absolute atomic E-state index is 11.5. The van der Waals surface area contributed by atoms with Gasteiger partial charge < -0.3 is 15.2 Å². The molecular formula is C11H23NO3. The molecule has 0 aliphatic rings. The molecule has 2 N–H and O–H groups in total. The van der Waals surface area contributed by atoms with Crippen molar-refractivity contribution in [3.63, 3.8) is 0 Å². The van der Waals surface area contributed by atoms with Crippen molar-refractivity contribution in [3.8, 4) is 0 Å². The van der Waals surface area contributed by atoms with Crippen LogP contribution >= 0.6 is 0 Å². The molecule has 0 aromatic heterocycles. The molecule has 0 bridgehead atoms. The monoisotopic (exact) mass is 217 g/mol. The van der Waals surface area contributed by atoms with Crippen molar-refractivity contribution < 1.29 is 14.6 Å². The van der Waals surface area contributed by atoms with Gasteiger partial charge in [0.2, 0.25) is 0 Å². The second-order valence-electron chi connectivity index (χ2n) is 3.67. The Morgan fingerprint density at radius 2 is 2.07 bits per heavy atom. The lowest BCUT2D eigenvalue weighted by Gasteiger charge is -2.20. The number of hydrogen-bond donors (Lipinski definition) is 2. The highest BCUT2D eigenvalue weighted by molar-refractivity contribution is 5.75. The third-order valence-electron chi connectivity index (χ3n) is 2.20. The lowest BCUT2D eigenvalue weighted by atomic mass is 10.1. The first kappa shape index (κ1) is 14.4. The number of hydrogen-bond acceptors (Lipinski definition) is 4.